The van der Waals surface area contributed by atoms with Gasteiger partial charge in [-0.05, 0) is 42.5 Å². The lowest BCUT2D eigenvalue weighted by atomic mass is 10.00. The first-order valence-corrected chi connectivity index (χ1v) is 9.15. The Bertz CT molecular complexity index is 955. The van der Waals surface area contributed by atoms with Crippen LogP contribution < -0.4 is 5.32 Å². The Morgan fingerprint density at radius 3 is 2.62 bits per heavy atom. The molecular weight excluding hydrogens is 369 g/mol. The van der Waals surface area contributed by atoms with Gasteiger partial charge in [-0.15, -0.1) is 0 Å². The third-order valence-electron chi connectivity index (χ3n) is 4.61. The summed E-state index contributed by atoms with van der Waals surface area (Å²) in [6.45, 7) is 1.47. The van der Waals surface area contributed by atoms with Gasteiger partial charge in [-0.1, -0.05) is 41.9 Å². The zero-order chi connectivity index (χ0) is 18.1. The molecule has 0 aliphatic carbocycles. The molecule has 3 aromatic rings. The van der Waals surface area contributed by atoms with Gasteiger partial charge in [0.25, 0.3) is 0 Å². The lowest BCUT2D eigenvalue weighted by Gasteiger charge is -2.39. The largest absolute Gasteiger partial charge is 0.348 e. The van der Waals surface area contributed by atoms with E-state index < -0.39 is 0 Å². The van der Waals surface area contributed by atoms with E-state index in [4.69, 9.17) is 23.8 Å². The van der Waals surface area contributed by atoms with Gasteiger partial charge < -0.3 is 14.8 Å². The Kier molecular flexibility index (Phi) is 4.66. The lowest BCUT2D eigenvalue weighted by Crippen LogP contribution is -2.44. The van der Waals surface area contributed by atoms with Crippen LogP contribution in [0.4, 0.5) is 10.1 Å². The van der Waals surface area contributed by atoms with Crippen molar-refractivity contribution in [3.05, 3.63) is 89.0 Å². The number of para-hydroxylation sites is 1. The van der Waals surface area contributed by atoms with E-state index in [2.05, 4.69) is 9.88 Å². The first-order valence-electron chi connectivity index (χ1n) is 8.37. The van der Waals surface area contributed by atoms with Gasteiger partial charge in [-0.25, -0.2) is 4.39 Å². The molecule has 1 unspecified atom stereocenters. The molecule has 0 fully saturated rings. The van der Waals surface area contributed by atoms with Crippen molar-refractivity contribution in [3.63, 3.8) is 0 Å². The maximum Gasteiger partial charge on any atom is 0.174 e. The van der Waals surface area contributed by atoms with Crippen molar-refractivity contribution >= 4 is 34.6 Å². The highest BCUT2D eigenvalue weighted by molar-refractivity contribution is 7.80. The molecule has 1 N–H and O–H groups in total. The van der Waals surface area contributed by atoms with Gasteiger partial charge in [0.15, 0.2) is 5.11 Å². The number of thiocarbonyl (C=S) groups is 1. The van der Waals surface area contributed by atoms with E-state index in [1.54, 1.807) is 6.07 Å². The quantitative estimate of drug-likeness (QED) is 0.621. The predicted octanol–water partition coefficient (Wildman–Crippen LogP) is 5.08. The first kappa shape index (κ1) is 17.1. The van der Waals surface area contributed by atoms with Crippen molar-refractivity contribution in [2.45, 2.75) is 12.6 Å². The summed E-state index contributed by atoms with van der Waals surface area (Å²) in [5, 5.41) is 4.34. The Morgan fingerprint density at radius 1 is 1.04 bits per heavy atom. The van der Waals surface area contributed by atoms with Crippen molar-refractivity contribution < 1.29 is 4.39 Å². The van der Waals surface area contributed by atoms with Crippen LogP contribution in [0.15, 0.2) is 66.9 Å². The summed E-state index contributed by atoms with van der Waals surface area (Å²) in [6, 6.07) is 18.0. The van der Waals surface area contributed by atoms with Crippen LogP contribution in [0.2, 0.25) is 5.02 Å². The minimum atomic E-state index is -0.289. The van der Waals surface area contributed by atoms with E-state index in [-0.39, 0.29) is 11.9 Å². The van der Waals surface area contributed by atoms with E-state index in [0.717, 1.165) is 17.9 Å². The summed E-state index contributed by atoms with van der Waals surface area (Å²) in [5.41, 5.74) is 2.37. The third-order valence-corrected chi connectivity index (χ3v) is 5.28. The standard InChI is InChI=1S/C20H17ClFN3S/c21-15-7-2-4-9-17(15)23-20(26)25-13-12-24-11-5-10-18(24)19(25)14-6-1-3-8-16(14)22/h1-11,19H,12-13H2,(H,23,26). The second-order valence-electron chi connectivity index (χ2n) is 6.15. The number of hydrogen-bond acceptors (Lipinski definition) is 1. The minimum absolute atomic E-state index is 0.238. The van der Waals surface area contributed by atoms with Gasteiger partial charge in [0, 0.05) is 30.5 Å². The highest BCUT2D eigenvalue weighted by Gasteiger charge is 2.32. The highest BCUT2D eigenvalue weighted by Crippen LogP contribution is 2.34. The highest BCUT2D eigenvalue weighted by atomic mass is 35.5. The summed E-state index contributed by atoms with van der Waals surface area (Å²) < 4.78 is 16.7. The molecule has 132 valence electrons. The van der Waals surface area contributed by atoms with E-state index >= 15 is 0 Å². The number of hydrogen-bond donors (Lipinski definition) is 1. The van der Waals surface area contributed by atoms with Crippen molar-refractivity contribution in [3.8, 4) is 0 Å². The monoisotopic (exact) mass is 385 g/mol. The lowest BCUT2D eigenvalue weighted by molar-refractivity contribution is 0.288. The molecule has 6 heteroatoms. The number of anilines is 1. The molecule has 0 bridgehead atoms. The molecule has 1 aliphatic heterocycles. The van der Waals surface area contributed by atoms with Crippen molar-refractivity contribution in [2.24, 2.45) is 0 Å². The van der Waals surface area contributed by atoms with Gasteiger partial charge in [0.1, 0.15) is 5.82 Å². The van der Waals surface area contributed by atoms with Crippen LogP contribution in [-0.2, 0) is 6.54 Å². The molecule has 1 atom stereocenters. The van der Waals surface area contributed by atoms with Crippen LogP contribution in [0.25, 0.3) is 0 Å². The number of benzene rings is 2. The van der Waals surface area contributed by atoms with Crippen molar-refractivity contribution in [1.82, 2.24) is 9.47 Å². The van der Waals surface area contributed by atoms with Gasteiger partial charge >= 0.3 is 0 Å². The summed E-state index contributed by atoms with van der Waals surface area (Å²) >= 11 is 11.9. The van der Waals surface area contributed by atoms with Gasteiger partial charge in [-0.2, -0.15) is 0 Å². The second-order valence-corrected chi connectivity index (χ2v) is 6.95. The Balaban J connectivity index is 1.71. The molecule has 3 nitrogen and oxygen atoms in total. The molecule has 1 aromatic heterocycles. The van der Waals surface area contributed by atoms with E-state index in [1.165, 1.54) is 6.07 Å². The molecule has 0 radical (unpaired) electrons. The summed E-state index contributed by atoms with van der Waals surface area (Å²) in [7, 11) is 0. The first-order chi connectivity index (χ1) is 12.6. The van der Waals surface area contributed by atoms with Crippen LogP contribution in [0, 0.1) is 5.82 Å². The number of fused-ring (bicyclic) bond motifs is 1. The fourth-order valence-electron chi connectivity index (χ4n) is 3.38. The number of halogens is 2. The minimum Gasteiger partial charge on any atom is -0.348 e. The molecule has 4 rings (SSSR count). The molecule has 0 saturated carbocycles. The van der Waals surface area contributed by atoms with E-state index in [1.807, 2.05) is 59.6 Å². The van der Waals surface area contributed by atoms with E-state index in [9.17, 15) is 4.39 Å². The van der Waals surface area contributed by atoms with E-state index in [0.29, 0.717) is 22.2 Å². The summed E-state index contributed by atoms with van der Waals surface area (Å²) in [4.78, 5) is 2.02. The smallest absolute Gasteiger partial charge is 0.174 e. The van der Waals surface area contributed by atoms with Gasteiger partial charge in [0.05, 0.1) is 16.8 Å². The number of rotatable bonds is 2. The molecule has 2 aromatic carbocycles. The molecule has 26 heavy (non-hydrogen) atoms. The average molecular weight is 386 g/mol. The van der Waals surface area contributed by atoms with Gasteiger partial charge in [0.2, 0.25) is 0 Å². The molecule has 0 saturated heterocycles. The normalized spacial score (nSPS) is 16.2. The number of aromatic nitrogens is 1. The zero-order valence-corrected chi connectivity index (χ0v) is 15.5. The molecule has 2 heterocycles. The van der Waals surface area contributed by atoms with Gasteiger partial charge in [-0.3, -0.25) is 0 Å². The number of nitrogens with one attached hydrogen (secondary N) is 1. The predicted molar refractivity (Wildman–Crippen MR) is 107 cm³/mol. The summed E-state index contributed by atoms with van der Waals surface area (Å²) in [5.74, 6) is -0.238. The van der Waals surface area contributed by atoms with Crippen molar-refractivity contribution in [1.29, 1.82) is 0 Å². The fourth-order valence-corrected chi connectivity index (χ4v) is 3.87. The summed E-state index contributed by atoms with van der Waals surface area (Å²) in [6.07, 6.45) is 2.02. The van der Waals surface area contributed by atoms with Crippen LogP contribution in [0.5, 0.6) is 0 Å². The Labute approximate surface area is 162 Å². The fraction of sp³-hybridized carbons (Fsp3) is 0.150. The molecular formula is C20H17ClFN3S. The molecule has 1 aliphatic rings. The maximum absolute atomic E-state index is 14.6. The Morgan fingerprint density at radius 2 is 1.81 bits per heavy atom. The Hall–Kier alpha value is -2.37. The van der Waals surface area contributed by atoms with Crippen LogP contribution >= 0.6 is 23.8 Å². The second kappa shape index (κ2) is 7.09. The SMILES string of the molecule is Fc1ccccc1C1c2cccn2CCN1C(=S)Nc1ccccc1Cl. The third kappa shape index (κ3) is 3.08. The average Bonchev–Trinajstić information content (AvgIpc) is 3.12. The molecule has 0 amide bonds. The zero-order valence-electron chi connectivity index (χ0n) is 13.9. The maximum atomic E-state index is 14.6. The number of nitrogens with zero attached hydrogens (tertiary/aromatic N) is 2. The van der Waals surface area contributed by atoms with Crippen LogP contribution in [0.3, 0.4) is 0 Å². The molecule has 0 spiro atoms. The van der Waals surface area contributed by atoms with Crippen LogP contribution in [-0.4, -0.2) is 21.1 Å². The van der Waals surface area contributed by atoms with Crippen molar-refractivity contribution in [2.75, 3.05) is 11.9 Å². The van der Waals surface area contributed by atoms with Crippen LogP contribution in [0.1, 0.15) is 17.3 Å². The topological polar surface area (TPSA) is 20.2 Å².